The number of fused-ring (bicyclic) bond motifs is 1. The lowest BCUT2D eigenvalue weighted by atomic mass is 9.97. The van der Waals surface area contributed by atoms with Crippen molar-refractivity contribution in [3.05, 3.63) is 29.8 Å². The number of benzene rings is 1. The molecule has 5 heteroatoms. The summed E-state index contributed by atoms with van der Waals surface area (Å²) in [4.78, 5) is 3.94. The van der Waals surface area contributed by atoms with Crippen molar-refractivity contribution in [1.29, 1.82) is 0 Å². The highest BCUT2D eigenvalue weighted by atomic mass is 19.3. The second kappa shape index (κ2) is 7.54. The fourth-order valence-corrected chi connectivity index (χ4v) is 3.75. The number of ether oxygens (including phenoxy) is 1. The number of pyridine rings is 1. The zero-order valence-electron chi connectivity index (χ0n) is 14.6. The van der Waals surface area contributed by atoms with Crippen molar-refractivity contribution in [2.45, 2.75) is 57.3 Å². The van der Waals surface area contributed by atoms with Gasteiger partial charge in [0.25, 0.3) is 5.92 Å². The molecule has 1 saturated carbocycles. The maximum absolute atomic E-state index is 14.6. The molecular weight excluding hydrogens is 324 g/mol. The van der Waals surface area contributed by atoms with Crippen molar-refractivity contribution >= 4 is 10.9 Å². The summed E-state index contributed by atoms with van der Waals surface area (Å²) in [5.74, 6) is -2.37. The molecule has 0 unspecified atom stereocenters. The van der Waals surface area contributed by atoms with E-state index in [-0.39, 0.29) is 12.0 Å². The number of aromatic nitrogens is 1. The maximum Gasteiger partial charge on any atom is 0.278 e. The van der Waals surface area contributed by atoms with Gasteiger partial charge in [-0.1, -0.05) is 38.5 Å². The van der Waals surface area contributed by atoms with Crippen LogP contribution in [0.5, 0.6) is 11.6 Å². The molecule has 1 aromatic heterocycles. The van der Waals surface area contributed by atoms with Crippen molar-refractivity contribution in [2.75, 3.05) is 7.11 Å². The third-order valence-corrected chi connectivity index (χ3v) is 5.23. The van der Waals surface area contributed by atoms with Gasteiger partial charge in [0.05, 0.1) is 18.2 Å². The Morgan fingerprint density at radius 1 is 1.20 bits per heavy atom. The summed E-state index contributed by atoms with van der Waals surface area (Å²) in [6.45, 7) is 0. The number of aromatic hydroxyl groups is 1. The van der Waals surface area contributed by atoms with Gasteiger partial charge in [0.2, 0.25) is 5.88 Å². The number of nitrogens with zero attached hydrogens (tertiary/aromatic N) is 1. The third-order valence-electron chi connectivity index (χ3n) is 5.23. The van der Waals surface area contributed by atoms with Gasteiger partial charge in [-0.2, -0.15) is 0 Å². The number of hydrogen-bond acceptors (Lipinski definition) is 3. The van der Waals surface area contributed by atoms with Gasteiger partial charge in [-0.05, 0) is 30.5 Å². The number of unbranched alkanes of at least 4 members (excludes halogenated alkanes) is 1. The molecule has 0 saturated heterocycles. The average molecular weight is 349 g/mol. The molecule has 0 amide bonds. The van der Waals surface area contributed by atoms with Crippen molar-refractivity contribution < 1.29 is 18.6 Å². The predicted molar refractivity (Wildman–Crippen MR) is 94.3 cm³/mol. The number of rotatable bonds is 7. The van der Waals surface area contributed by atoms with Crippen LogP contribution in [0.25, 0.3) is 10.9 Å². The Bertz CT molecular complexity index is 727. The zero-order chi connectivity index (χ0) is 17.9. The van der Waals surface area contributed by atoms with Crippen LogP contribution in [0.15, 0.2) is 24.3 Å². The highest BCUT2D eigenvalue weighted by Crippen LogP contribution is 2.40. The first-order valence-corrected chi connectivity index (χ1v) is 9.05. The molecule has 0 atom stereocenters. The molecule has 1 aromatic carbocycles. The molecule has 3 rings (SSSR count). The molecule has 1 fully saturated rings. The molecular formula is C20H25F2NO2. The summed E-state index contributed by atoms with van der Waals surface area (Å²) in [5, 5.41) is 10.6. The Morgan fingerprint density at radius 3 is 2.68 bits per heavy atom. The largest absolute Gasteiger partial charge is 0.497 e. The standard InChI is InChI=1S/C20H25F2NO2/c1-25-16-10-9-15-12-17(19(24)23-18(15)13-16)20(21,22)11-5-4-8-14-6-2-3-7-14/h9-10,12-14H,2-8,11H2,1H3,(H,23,24). The summed E-state index contributed by atoms with van der Waals surface area (Å²) >= 11 is 0. The SMILES string of the molecule is COc1ccc2cc(C(F)(F)CCCCC3CCCC3)c(O)nc2c1. The van der Waals surface area contributed by atoms with Crippen LogP contribution >= 0.6 is 0 Å². The third kappa shape index (κ3) is 4.20. The van der Waals surface area contributed by atoms with E-state index in [0.717, 1.165) is 18.8 Å². The normalized spacial score (nSPS) is 15.8. The molecule has 0 bridgehead atoms. The summed E-state index contributed by atoms with van der Waals surface area (Å²) in [6, 6.07) is 6.34. The van der Waals surface area contributed by atoms with Gasteiger partial charge in [-0.3, -0.25) is 0 Å². The van der Waals surface area contributed by atoms with E-state index in [4.69, 9.17) is 4.74 Å². The van der Waals surface area contributed by atoms with Gasteiger partial charge in [-0.25, -0.2) is 13.8 Å². The minimum Gasteiger partial charge on any atom is -0.497 e. The van der Waals surface area contributed by atoms with Crippen molar-refractivity contribution in [2.24, 2.45) is 5.92 Å². The molecule has 3 nitrogen and oxygen atoms in total. The molecule has 0 aliphatic heterocycles. The Labute approximate surface area is 147 Å². The molecule has 1 aliphatic carbocycles. The molecule has 1 N–H and O–H groups in total. The number of halogens is 2. The lowest BCUT2D eigenvalue weighted by Crippen LogP contribution is -2.14. The smallest absolute Gasteiger partial charge is 0.278 e. The zero-order valence-corrected chi connectivity index (χ0v) is 14.6. The Kier molecular flexibility index (Phi) is 5.40. The second-order valence-electron chi connectivity index (χ2n) is 7.02. The van der Waals surface area contributed by atoms with Crippen LogP contribution in [0.1, 0.15) is 56.9 Å². The average Bonchev–Trinajstić information content (AvgIpc) is 3.11. The topological polar surface area (TPSA) is 42.4 Å². The minimum atomic E-state index is -3.07. The van der Waals surface area contributed by atoms with Gasteiger partial charge in [0.1, 0.15) is 5.75 Å². The van der Waals surface area contributed by atoms with Gasteiger partial charge in [0, 0.05) is 17.9 Å². The fourth-order valence-electron chi connectivity index (χ4n) is 3.75. The number of methoxy groups -OCH3 is 1. The highest BCUT2D eigenvalue weighted by molar-refractivity contribution is 5.81. The first kappa shape index (κ1) is 17.9. The van der Waals surface area contributed by atoms with E-state index < -0.39 is 11.8 Å². The summed E-state index contributed by atoms with van der Waals surface area (Å²) in [5.41, 5.74) is 0.0590. The van der Waals surface area contributed by atoms with E-state index in [1.165, 1.54) is 38.9 Å². The first-order chi connectivity index (χ1) is 12.0. The van der Waals surface area contributed by atoms with E-state index >= 15 is 0 Å². The molecule has 0 radical (unpaired) electrons. The predicted octanol–water partition coefficient (Wildman–Crippen LogP) is 5.79. The van der Waals surface area contributed by atoms with E-state index in [2.05, 4.69) is 4.98 Å². The molecule has 136 valence electrons. The van der Waals surface area contributed by atoms with Gasteiger partial charge < -0.3 is 9.84 Å². The van der Waals surface area contributed by atoms with Crippen LogP contribution in [0.2, 0.25) is 0 Å². The lowest BCUT2D eigenvalue weighted by molar-refractivity contribution is -0.0183. The number of hydrogen-bond donors (Lipinski definition) is 1. The van der Waals surface area contributed by atoms with E-state index in [0.29, 0.717) is 23.1 Å². The molecule has 2 aromatic rings. The monoisotopic (exact) mass is 349 g/mol. The van der Waals surface area contributed by atoms with Gasteiger partial charge in [-0.15, -0.1) is 0 Å². The van der Waals surface area contributed by atoms with Crippen LogP contribution in [0.3, 0.4) is 0 Å². The molecule has 0 spiro atoms. The minimum absolute atomic E-state index is 0.253. The summed E-state index contributed by atoms with van der Waals surface area (Å²) < 4.78 is 34.2. The van der Waals surface area contributed by atoms with E-state index in [9.17, 15) is 13.9 Å². The lowest BCUT2D eigenvalue weighted by Gasteiger charge is -2.18. The number of alkyl halides is 2. The van der Waals surface area contributed by atoms with Crippen LogP contribution in [0, 0.1) is 5.92 Å². The molecule has 1 aliphatic rings. The second-order valence-corrected chi connectivity index (χ2v) is 7.02. The van der Waals surface area contributed by atoms with Crippen molar-refractivity contribution in [3.63, 3.8) is 0 Å². The van der Waals surface area contributed by atoms with Crippen LogP contribution in [0.4, 0.5) is 8.78 Å². The van der Waals surface area contributed by atoms with Crippen LogP contribution < -0.4 is 4.74 Å². The van der Waals surface area contributed by atoms with E-state index in [1.807, 2.05) is 0 Å². The van der Waals surface area contributed by atoms with Crippen molar-refractivity contribution in [3.8, 4) is 11.6 Å². The van der Waals surface area contributed by atoms with Gasteiger partial charge in [0.15, 0.2) is 0 Å². The quantitative estimate of drug-likeness (QED) is 0.643. The Hall–Kier alpha value is -1.91. The highest BCUT2D eigenvalue weighted by Gasteiger charge is 2.35. The van der Waals surface area contributed by atoms with Crippen LogP contribution in [-0.2, 0) is 5.92 Å². The van der Waals surface area contributed by atoms with Crippen LogP contribution in [-0.4, -0.2) is 17.2 Å². The summed E-state index contributed by atoms with van der Waals surface area (Å²) in [7, 11) is 1.52. The van der Waals surface area contributed by atoms with E-state index in [1.54, 1.807) is 18.2 Å². The Balaban J connectivity index is 1.68. The fraction of sp³-hybridized carbons (Fsp3) is 0.550. The molecule has 25 heavy (non-hydrogen) atoms. The van der Waals surface area contributed by atoms with Crippen molar-refractivity contribution in [1.82, 2.24) is 4.98 Å². The summed E-state index contributed by atoms with van der Waals surface area (Å²) in [6.07, 6.45) is 7.12. The van der Waals surface area contributed by atoms with Gasteiger partial charge >= 0.3 is 0 Å². The molecule has 1 heterocycles. The first-order valence-electron chi connectivity index (χ1n) is 9.05. The maximum atomic E-state index is 14.6. The Morgan fingerprint density at radius 2 is 1.96 bits per heavy atom.